The third-order valence-electron chi connectivity index (χ3n) is 6.59. The zero-order valence-electron chi connectivity index (χ0n) is 22.7. The van der Waals surface area contributed by atoms with Gasteiger partial charge < -0.3 is 24.3 Å². The molecule has 40 heavy (non-hydrogen) atoms. The molecule has 0 bridgehead atoms. The van der Waals surface area contributed by atoms with Crippen LogP contribution in [0.4, 0.5) is 5.69 Å². The van der Waals surface area contributed by atoms with E-state index < -0.39 is 22.8 Å². The SMILES string of the molecule is COC(=O)C1=C(C)NC(C)=C(C(=O)OCCN(C)C[C@H]2COc3ccccc3O2)[C@@H]1c1cccc([N+](=O)[O-])c1.Cl. The summed E-state index contributed by atoms with van der Waals surface area (Å²) in [5.41, 5.74) is 1.59. The van der Waals surface area contributed by atoms with Crippen molar-refractivity contribution in [3.63, 3.8) is 0 Å². The van der Waals surface area contributed by atoms with Crippen LogP contribution in [0.2, 0.25) is 0 Å². The first-order valence-corrected chi connectivity index (χ1v) is 12.4. The molecule has 0 aliphatic carbocycles. The van der Waals surface area contributed by atoms with Gasteiger partial charge in [-0.25, -0.2) is 9.59 Å². The lowest BCUT2D eigenvalue weighted by Gasteiger charge is -2.31. The molecular weight excluding hydrogens is 542 g/mol. The number of nitro benzene ring substituents is 1. The molecule has 1 N–H and O–H groups in total. The standard InChI is InChI=1S/C28H31N3O8.ClH/c1-17-24(27(32)36-4)26(19-8-7-9-20(14-19)31(34)35)25(18(2)29-17)28(33)37-13-12-30(3)15-21-16-38-22-10-5-6-11-23(22)39-21;/h5-11,14,21,26,29H,12-13,15-16H2,1-4H3;1H/t21-,26+;/m0./s1. The normalized spacial score (nSPS) is 18.0. The lowest BCUT2D eigenvalue weighted by atomic mass is 9.80. The van der Waals surface area contributed by atoms with Gasteiger partial charge in [0.25, 0.3) is 5.69 Å². The molecule has 11 nitrogen and oxygen atoms in total. The summed E-state index contributed by atoms with van der Waals surface area (Å²) in [6.45, 7) is 4.85. The molecule has 2 aliphatic heterocycles. The van der Waals surface area contributed by atoms with Crippen molar-refractivity contribution < 1.29 is 33.5 Å². The van der Waals surface area contributed by atoms with Crippen molar-refractivity contribution >= 4 is 30.0 Å². The molecule has 2 aromatic rings. The number of halogens is 1. The highest BCUT2D eigenvalue weighted by atomic mass is 35.5. The Hall–Kier alpha value is -4.09. The van der Waals surface area contributed by atoms with E-state index in [4.69, 9.17) is 18.9 Å². The predicted octanol–water partition coefficient (Wildman–Crippen LogP) is 3.74. The number of fused-ring (bicyclic) bond motifs is 1. The average molecular weight is 574 g/mol. The lowest BCUT2D eigenvalue weighted by Crippen LogP contribution is -2.40. The van der Waals surface area contributed by atoms with Gasteiger partial charge in [0.1, 0.15) is 19.3 Å². The van der Waals surface area contributed by atoms with Crippen LogP contribution in [0.5, 0.6) is 11.5 Å². The highest BCUT2D eigenvalue weighted by Gasteiger charge is 2.38. The number of nitrogens with zero attached hydrogens (tertiary/aromatic N) is 2. The second-order valence-electron chi connectivity index (χ2n) is 9.37. The first kappa shape index (κ1) is 30.5. The Morgan fingerprint density at radius 3 is 2.42 bits per heavy atom. The molecule has 0 spiro atoms. The number of hydrogen-bond acceptors (Lipinski definition) is 10. The highest BCUT2D eigenvalue weighted by Crippen LogP contribution is 2.40. The molecule has 0 unspecified atom stereocenters. The maximum atomic E-state index is 13.4. The summed E-state index contributed by atoms with van der Waals surface area (Å²) in [6.07, 6.45) is -0.179. The third kappa shape index (κ3) is 6.72. The number of nitro groups is 1. The number of hydrogen-bond donors (Lipinski definition) is 1. The summed E-state index contributed by atoms with van der Waals surface area (Å²) in [5.74, 6) is -0.784. The largest absolute Gasteiger partial charge is 0.486 e. The van der Waals surface area contributed by atoms with Crippen molar-refractivity contribution in [2.24, 2.45) is 0 Å². The van der Waals surface area contributed by atoms with E-state index in [0.29, 0.717) is 48.2 Å². The first-order valence-electron chi connectivity index (χ1n) is 12.4. The van der Waals surface area contributed by atoms with Gasteiger partial charge in [-0.3, -0.25) is 15.0 Å². The predicted molar refractivity (Wildman–Crippen MR) is 148 cm³/mol. The average Bonchev–Trinajstić information content (AvgIpc) is 2.92. The van der Waals surface area contributed by atoms with Crippen LogP contribution in [0.3, 0.4) is 0 Å². The summed E-state index contributed by atoms with van der Waals surface area (Å²) in [4.78, 5) is 39.0. The third-order valence-corrected chi connectivity index (χ3v) is 6.59. The minimum Gasteiger partial charge on any atom is -0.486 e. The minimum absolute atomic E-state index is 0. The van der Waals surface area contributed by atoms with Crippen LogP contribution in [-0.4, -0.2) is 68.3 Å². The van der Waals surface area contributed by atoms with E-state index >= 15 is 0 Å². The monoisotopic (exact) mass is 573 g/mol. The number of esters is 2. The maximum Gasteiger partial charge on any atom is 0.336 e. The molecule has 2 heterocycles. The summed E-state index contributed by atoms with van der Waals surface area (Å²) < 4.78 is 22.4. The second kappa shape index (κ2) is 13.3. The van der Waals surface area contributed by atoms with Crippen LogP contribution in [0, 0.1) is 10.1 Å². The molecule has 4 rings (SSSR count). The Morgan fingerprint density at radius 1 is 1.07 bits per heavy atom. The zero-order chi connectivity index (χ0) is 28.1. The van der Waals surface area contributed by atoms with E-state index in [-0.39, 0.29) is 42.0 Å². The number of para-hydroxylation sites is 2. The number of likely N-dealkylation sites (N-methyl/N-ethyl adjacent to an activating group) is 1. The number of non-ortho nitro benzene ring substituents is 1. The fourth-order valence-electron chi connectivity index (χ4n) is 4.76. The zero-order valence-corrected chi connectivity index (χ0v) is 23.5. The van der Waals surface area contributed by atoms with Gasteiger partial charge >= 0.3 is 11.9 Å². The molecule has 0 radical (unpaired) electrons. The number of rotatable bonds is 9. The molecular formula is C28H32ClN3O8. The van der Waals surface area contributed by atoms with Crippen LogP contribution in [0.25, 0.3) is 0 Å². The summed E-state index contributed by atoms with van der Waals surface area (Å²) in [7, 11) is 3.13. The number of ether oxygens (including phenoxy) is 4. The first-order chi connectivity index (χ1) is 18.7. The van der Waals surface area contributed by atoms with Gasteiger partial charge in [-0.2, -0.15) is 0 Å². The van der Waals surface area contributed by atoms with E-state index in [1.165, 1.54) is 25.3 Å². The van der Waals surface area contributed by atoms with E-state index in [0.717, 1.165) is 0 Å². The Balaban J connectivity index is 0.00000441. The molecule has 2 aliphatic rings. The number of nitrogens with one attached hydrogen (secondary N) is 1. The number of carbonyl (C=O) groups is 2. The van der Waals surface area contributed by atoms with Gasteiger partial charge in [-0.1, -0.05) is 24.3 Å². The summed E-state index contributed by atoms with van der Waals surface area (Å²) in [5, 5.41) is 14.5. The molecule has 2 aromatic carbocycles. The fourth-order valence-corrected chi connectivity index (χ4v) is 4.76. The van der Waals surface area contributed by atoms with Crippen molar-refractivity contribution in [2.45, 2.75) is 25.9 Å². The van der Waals surface area contributed by atoms with Crippen LogP contribution < -0.4 is 14.8 Å². The smallest absolute Gasteiger partial charge is 0.336 e. The Kier molecular flexibility index (Phi) is 10.1. The van der Waals surface area contributed by atoms with Crippen LogP contribution >= 0.6 is 12.4 Å². The van der Waals surface area contributed by atoms with Gasteiger partial charge in [0, 0.05) is 36.6 Å². The number of dihydropyridines is 1. The Bertz CT molecular complexity index is 1340. The molecule has 214 valence electrons. The van der Waals surface area contributed by atoms with E-state index in [1.807, 2.05) is 36.2 Å². The van der Waals surface area contributed by atoms with Crippen molar-refractivity contribution in [1.82, 2.24) is 10.2 Å². The lowest BCUT2D eigenvalue weighted by molar-refractivity contribution is -0.384. The molecule has 0 saturated heterocycles. The summed E-state index contributed by atoms with van der Waals surface area (Å²) >= 11 is 0. The van der Waals surface area contributed by atoms with Crippen LogP contribution in [0.1, 0.15) is 25.3 Å². The van der Waals surface area contributed by atoms with Crippen molar-refractivity contribution in [3.05, 3.63) is 86.7 Å². The molecule has 0 aromatic heterocycles. The molecule has 2 atom stereocenters. The quantitative estimate of drug-likeness (QED) is 0.269. The molecule has 0 amide bonds. The summed E-state index contributed by atoms with van der Waals surface area (Å²) in [6, 6.07) is 13.3. The van der Waals surface area contributed by atoms with Crippen molar-refractivity contribution in [1.29, 1.82) is 0 Å². The van der Waals surface area contributed by atoms with Crippen molar-refractivity contribution in [2.75, 3.05) is 40.5 Å². The highest BCUT2D eigenvalue weighted by molar-refractivity contribution is 5.99. The van der Waals surface area contributed by atoms with E-state index in [2.05, 4.69) is 5.32 Å². The van der Waals surface area contributed by atoms with Gasteiger partial charge in [0.05, 0.1) is 29.1 Å². The van der Waals surface area contributed by atoms with E-state index in [1.54, 1.807) is 19.9 Å². The van der Waals surface area contributed by atoms with Gasteiger partial charge in [0.15, 0.2) is 11.5 Å². The van der Waals surface area contributed by atoms with E-state index in [9.17, 15) is 19.7 Å². The Labute approximate surface area is 238 Å². The molecule has 0 saturated carbocycles. The Morgan fingerprint density at radius 2 is 1.75 bits per heavy atom. The fraction of sp³-hybridized carbons (Fsp3) is 0.357. The van der Waals surface area contributed by atoms with Crippen molar-refractivity contribution in [3.8, 4) is 11.5 Å². The number of benzene rings is 2. The maximum absolute atomic E-state index is 13.4. The topological polar surface area (TPSA) is 129 Å². The number of allylic oxidation sites excluding steroid dienone is 2. The van der Waals surface area contributed by atoms with Crippen LogP contribution in [-0.2, 0) is 19.1 Å². The minimum atomic E-state index is -0.906. The van der Waals surface area contributed by atoms with Gasteiger partial charge in [-0.15, -0.1) is 12.4 Å². The van der Waals surface area contributed by atoms with Gasteiger partial charge in [0.2, 0.25) is 0 Å². The van der Waals surface area contributed by atoms with Crippen LogP contribution in [0.15, 0.2) is 71.1 Å². The number of carbonyl (C=O) groups excluding carboxylic acids is 2. The second-order valence-corrected chi connectivity index (χ2v) is 9.37. The number of methoxy groups -OCH3 is 1. The van der Waals surface area contributed by atoms with Gasteiger partial charge in [-0.05, 0) is 38.6 Å². The molecule has 0 fully saturated rings. The molecule has 12 heteroatoms.